The summed E-state index contributed by atoms with van der Waals surface area (Å²) >= 11 is 26.9. The second-order valence-electron chi connectivity index (χ2n) is 13.2. The summed E-state index contributed by atoms with van der Waals surface area (Å²) in [5.41, 5.74) is 8.09. The maximum atomic E-state index is 13.0. The minimum Gasteiger partial charge on any atom is -0.478 e. The van der Waals surface area contributed by atoms with Gasteiger partial charge in [-0.25, -0.2) is 9.37 Å². The van der Waals surface area contributed by atoms with E-state index in [1.165, 1.54) is 38.7 Å². The highest BCUT2D eigenvalue weighted by molar-refractivity contribution is 6.53. The van der Waals surface area contributed by atoms with Crippen molar-refractivity contribution >= 4 is 74.4 Å². The zero-order chi connectivity index (χ0) is 31.4. The van der Waals surface area contributed by atoms with Crippen LogP contribution in [0.1, 0.15) is 75.8 Å². The van der Waals surface area contributed by atoms with E-state index in [2.05, 4.69) is 33.7 Å². The number of anilines is 1. The minimum atomic E-state index is -1.22. The second-order valence-corrected chi connectivity index (χ2v) is 14.7. The molecule has 0 radical (unpaired) electrons. The molecule has 5 aliphatic heterocycles. The first kappa shape index (κ1) is 29.2. The normalized spacial score (nSPS) is 18.0. The van der Waals surface area contributed by atoms with Crippen molar-refractivity contribution < 1.29 is 14.6 Å². The van der Waals surface area contributed by atoms with E-state index in [4.69, 9.17) is 51.1 Å². The number of nitrogens with zero attached hydrogens (tertiary/aromatic N) is 2. The lowest BCUT2D eigenvalue weighted by atomic mass is 9.83. The Hall–Kier alpha value is -2.96. The van der Waals surface area contributed by atoms with Gasteiger partial charge in [-0.1, -0.05) is 52.5 Å². The third-order valence-corrected chi connectivity index (χ3v) is 12.5. The van der Waals surface area contributed by atoms with Gasteiger partial charge < -0.3 is 14.7 Å². The SMILES string of the molecule is O=C(O)c1c(Cl)c(Cl)c(Cl)c(Cl)c1C1=c2ccc3c4c5c(cc3c2Oc2c1cc1c3c2CCCN3CCCC1)CCC[N+]=5CCC4. The topological polar surface area (TPSA) is 52.8 Å². The molecule has 0 aromatic heterocycles. The number of hydrogen-bond donors (Lipinski definition) is 1. The van der Waals surface area contributed by atoms with E-state index >= 15 is 0 Å². The van der Waals surface area contributed by atoms with E-state index in [-0.39, 0.29) is 31.2 Å². The number of aromatic carboxylic acids is 1. The van der Waals surface area contributed by atoms with Crippen molar-refractivity contribution in [3.05, 3.63) is 93.9 Å². The van der Waals surface area contributed by atoms with Crippen molar-refractivity contribution in [3.8, 4) is 11.5 Å². The largest absolute Gasteiger partial charge is 0.478 e. The van der Waals surface area contributed by atoms with Gasteiger partial charge in [-0.2, -0.15) is 0 Å². The van der Waals surface area contributed by atoms with Gasteiger partial charge in [0.1, 0.15) is 24.6 Å². The quantitative estimate of drug-likeness (QED) is 0.116. The van der Waals surface area contributed by atoms with Crippen molar-refractivity contribution in [3.63, 3.8) is 0 Å². The zero-order valence-electron chi connectivity index (χ0n) is 25.2. The molecule has 4 aromatic rings. The van der Waals surface area contributed by atoms with E-state index in [0.717, 1.165) is 112 Å². The van der Waals surface area contributed by atoms with Crippen molar-refractivity contribution in [2.45, 2.75) is 57.8 Å². The molecule has 234 valence electrons. The van der Waals surface area contributed by atoms with Gasteiger partial charge in [0.2, 0.25) is 5.36 Å². The number of fused-ring (bicyclic) bond motifs is 6. The van der Waals surface area contributed by atoms with E-state index < -0.39 is 5.97 Å². The van der Waals surface area contributed by atoms with Gasteiger partial charge >= 0.3 is 5.97 Å². The van der Waals surface area contributed by atoms with Gasteiger partial charge in [0.25, 0.3) is 0 Å². The summed E-state index contributed by atoms with van der Waals surface area (Å²) in [5.74, 6) is 0.297. The van der Waals surface area contributed by atoms with Crippen LogP contribution >= 0.6 is 46.4 Å². The third kappa shape index (κ3) is 4.08. The lowest BCUT2D eigenvalue weighted by molar-refractivity contribution is 0.0696. The average molecular weight is 693 g/mol. The smallest absolute Gasteiger partial charge is 0.337 e. The summed E-state index contributed by atoms with van der Waals surface area (Å²) in [6, 6.07) is 8.77. The summed E-state index contributed by atoms with van der Waals surface area (Å²) in [5, 5.41) is 14.9. The van der Waals surface area contributed by atoms with Crippen molar-refractivity contribution in [1.29, 1.82) is 0 Å². The van der Waals surface area contributed by atoms with E-state index in [0.29, 0.717) is 5.57 Å². The molecule has 0 bridgehead atoms. The van der Waals surface area contributed by atoms with E-state index in [1.807, 2.05) is 0 Å². The molecule has 5 heterocycles. The highest BCUT2D eigenvalue weighted by Crippen LogP contribution is 2.52. The number of halogens is 4. The number of benzene rings is 4. The van der Waals surface area contributed by atoms with E-state index in [1.54, 1.807) is 0 Å². The first-order valence-corrected chi connectivity index (χ1v) is 17.8. The lowest BCUT2D eigenvalue weighted by Crippen LogP contribution is -2.43. The molecule has 0 aliphatic carbocycles. The number of ether oxygens (including phenoxy) is 1. The first-order valence-electron chi connectivity index (χ1n) is 16.3. The Morgan fingerprint density at radius 2 is 1.50 bits per heavy atom. The molecular formula is C37H31Cl4N2O3+. The average Bonchev–Trinajstić information content (AvgIpc) is 3.28. The summed E-state index contributed by atoms with van der Waals surface area (Å²) in [6.07, 6.45) is 9.35. The predicted molar refractivity (Wildman–Crippen MR) is 186 cm³/mol. The van der Waals surface area contributed by atoms with Gasteiger partial charge in [-0.05, 0) is 74.1 Å². The molecule has 0 saturated heterocycles. The first-order chi connectivity index (χ1) is 22.3. The zero-order valence-corrected chi connectivity index (χ0v) is 28.2. The van der Waals surface area contributed by atoms with Crippen molar-refractivity contribution in [2.75, 3.05) is 31.1 Å². The molecule has 0 amide bonds. The Labute approximate surface area is 286 Å². The third-order valence-electron chi connectivity index (χ3n) is 10.7. The fourth-order valence-electron chi connectivity index (χ4n) is 8.83. The number of carboxylic acid groups (broad SMARTS) is 1. The monoisotopic (exact) mass is 691 g/mol. The van der Waals surface area contributed by atoms with Crippen LogP contribution in [0.2, 0.25) is 20.1 Å². The molecule has 4 aromatic carbocycles. The summed E-state index contributed by atoms with van der Waals surface area (Å²) in [7, 11) is 0. The molecule has 5 nitrogen and oxygen atoms in total. The Balaban J connectivity index is 1.47. The number of rotatable bonds is 2. The Bertz CT molecular complexity index is 2210. The molecule has 0 saturated carbocycles. The number of aryl methyl sites for hydroxylation is 3. The van der Waals surface area contributed by atoms with Crippen LogP contribution in [0, 0.1) is 0 Å². The van der Waals surface area contributed by atoms with Crippen molar-refractivity contribution in [1.82, 2.24) is 4.58 Å². The van der Waals surface area contributed by atoms with Gasteiger partial charge in [-0.15, -0.1) is 0 Å². The Kier molecular flexibility index (Phi) is 6.84. The molecular weight excluding hydrogens is 662 g/mol. The van der Waals surface area contributed by atoms with Crippen LogP contribution in [0.4, 0.5) is 5.69 Å². The molecule has 1 N–H and O–H groups in total. The van der Waals surface area contributed by atoms with Gasteiger partial charge in [0.15, 0.2) is 0 Å². The molecule has 9 heteroatoms. The molecule has 9 rings (SSSR count). The van der Waals surface area contributed by atoms with Crippen LogP contribution in [0.15, 0.2) is 24.3 Å². The summed E-state index contributed by atoms with van der Waals surface area (Å²) < 4.78 is 9.72. The van der Waals surface area contributed by atoms with Crippen molar-refractivity contribution in [2.24, 2.45) is 0 Å². The van der Waals surface area contributed by atoms with Crippen LogP contribution in [0.5, 0.6) is 11.5 Å². The molecule has 0 spiro atoms. The standard InChI is InChI=1S/C37H30Cl4N2O3/c38-29-27(28(37(44)45)30(39)32(41)31(29)40)26-22-11-10-20-21-8-4-14-43-13-3-7-19(33(21)43)16-24(20)35(22)46-36-23-9-5-15-42-12-2-1-6-18(34(23)42)17-25(26)36/h10-11,16-17H,1-9,12-15H2/p+1. The molecule has 5 aliphatic rings. The highest BCUT2D eigenvalue weighted by Gasteiger charge is 2.36. The maximum Gasteiger partial charge on any atom is 0.337 e. The summed E-state index contributed by atoms with van der Waals surface area (Å²) in [4.78, 5) is 15.5. The maximum absolute atomic E-state index is 13.0. The number of carbonyl (C=O) groups is 1. The van der Waals surface area contributed by atoms with E-state index in [9.17, 15) is 9.90 Å². The number of carboxylic acids is 1. The fraction of sp³-hybridized carbons (Fsp3) is 0.351. The molecule has 0 atom stereocenters. The van der Waals surface area contributed by atoms with Gasteiger partial charge in [0.05, 0.1) is 25.7 Å². The Morgan fingerprint density at radius 1 is 0.761 bits per heavy atom. The minimum absolute atomic E-state index is 0.0390. The fourth-order valence-corrected chi connectivity index (χ4v) is 9.86. The summed E-state index contributed by atoms with van der Waals surface area (Å²) in [6.45, 7) is 4.24. The van der Waals surface area contributed by atoms with Crippen LogP contribution < -0.4 is 24.8 Å². The highest BCUT2D eigenvalue weighted by atomic mass is 35.5. The molecule has 0 unspecified atom stereocenters. The van der Waals surface area contributed by atoms with Crippen LogP contribution in [0.3, 0.4) is 0 Å². The van der Waals surface area contributed by atoms with Gasteiger partial charge in [0, 0.05) is 75.6 Å². The van der Waals surface area contributed by atoms with Crippen LogP contribution in [-0.4, -0.2) is 37.3 Å². The number of hydrogen-bond acceptors (Lipinski definition) is 3. The second kappa shape index (κ2) is 10.8. The molecule has 46 heavy (non-hydrogen) atoms. The molecule has 0 fully saturated rings. The van der Waals surface area contributed by atoms with Crippen LogP contribution in [-0.2, 0) is 25.7 Å². The van der Waals surface area contributed by atoms with Crippen LogP contribution in [0.25, 0.3) is 16.3 Å². The predicted octanol–water partition coefficient (Wildman–Crippen LogP) is 7.98. The Morgan fingerprint density at radius 3 is 2.33 bits per heavy atom. The lowest BCUT2D eigenvalue weighted by Gasteiger charge is -2.35. The van der Waals surface area contributed by atoms with Gasteiger partial charge in [-0.3, -0.25) is 0 Å².